The van der Waals surface area contributed by atoms with Gasteiger partial charge in [0.15, 0.2) is 5.78 Å². The molecule has 2 heterocycles. The van der Waals surface area contributed by atoms with Crippen LogP contribution < -0.4 is 10.2 Å². The minimum Gasteiger partial charge on any atom is -0.467 e. The van der Waals surface area contributed by atoms with Gasteiger partial charge in [-0.05, 0) is 36.1 Å². The maximum atomic E-state index is 13.2. The lowest BCUT2D eigenvalue weighted by atomic mass is 9.74. The fourth-order valence-electron chi connectivity index (χ4n) is 4.05. The van der Waals surface area contributed by atoms with Crippen LogP contribution in [-0.4, -0.2) is 23.4 Å². The monoisotopic (exact) mass is 366 g/mol. The van der Waals surface area contributed by atoms with E-state index in [0.29, 0.717) is 29.9 Å². The van der Waals surface area contributed by atoms with E-state index in [1.54, 1.807) is 18.2 Å². The molecule has 1 aromatic heterocycles. The molecule has 1 aliphatic carbocycles. The van der Waals surface area contributed by atoms with Crippen molar-refractivity contribution < 1.29 is 19.1 Å². The lowest BCUT2D eigenvalue weighted by molar-refractivity contribution is -0.122. The first-order valence-corrected chi connectivity index (χ1v) is 9.00. The average Bonchev–Trinajstić information content (AvgIpc) is 3.09. The van der Waals surface area contributed by atoms with Crippen molar-refractivity contribution in [3.05, 3.63) is 59.7 Å². The number of allylic oxidation sites excluding steroid dienone is 1. The topological polar surface area (TPSA) is 82.8 Å². The number of carbonyl (C=O) groups is 2. The summed E-state index contributed by atoms with van der Waals surface area (Å²) in [6.45, 7) is 3.46. The molecule has 2 aliphatic rings. The highest BCUT2D eigenvalue weighted by Crippen LogP contribution is 2.48. The smallest absolute Gasteiger partial charge is 0.253 e. The van der Waals surface area contributed by atoms with Crippen LogP contribution in [0.25, 0.3) is 0 Å². The number of aliphatic hydroxyl groups excluding tert-OH is 1. The van der Waals surface area contributed by atoms with Crippen molar-refractivity contribution in [2.45, 2.75) is 32.7 Å². The Bertz CT molecular complexity index is 927. The third-order valence-electron chi connectivity index (χ3n) is 5.12. The molecule has 1 atom stereocenters. The van der Waals surface area contributed by atoms with Gasteiger partial charge >= 0.3 is 0 Å². The van der Waals surface area contributed by atoms with E-state index in [0.717, 1.165) is 11.4 Å². The largest absolute Gasteiger partial charge is 0.467 e. The molecule has 0 unspecified atom stereocenters. The van der Waals surface area contributed by atoms with Gasteiger partial charge in [-0.15, -0.1) is 0 Å². The highest BCUT2D eigenvalue weighted by molar-refractivity contribution is 6.06. The van der Waals surface area contributed by atoms with E-state index >= 15 is 0 Å². The molecule has 0 spiro atoms. The van der Waals surface area contributed by atoms with Gasteiger partial charge in [0, 0.05) is 17.7 Å². The first-order valence-electron chi connectivity index (χ1n) is 9.00. The number of nitrogens with one attached hydrogen (secondary N) is 1. The van der Waals surface area contributed by atoms with Crippen LogP contribution in [0.1, 0.15) is 38.5 Å². The molecular weight excluding hydrogens is 344 g/mol. The fourth-order valence-corrected chi connectivity index (χ4v) is 4.05. The van der Waals surface area contributed by atoms with Crippen molar-refractivity contribution in [3.63, 3.8) is 0 Å². The number of anilines is 2. The number of carbonyl (C=O) groups excluding carboxylic acids is 2. The molecule has 0 bridgehead atoms. The maximum absolute atomic E-state index is 13.2. The number of aliphatic hydroxyl groups is 1. The Labute approximate surface area is 157 Å². The summed E-state index contributed by atoms with van der Waals surface area (Å²) in [6, 6.07) is 10.2. The molecular formula is C21H22N2O4. The Morgan fingerprint density at radius 1 is 1.26 bits per heavy atom. The minimum atomic E-state index is -0.714. The van der Waals surface area contributed by atoms with Crippen LogP contribution in [0, 0.1) is 5.41 Å². The highest BCUT2D eigenvalue weighted by atomic mass is 16.3. The number of nitrogens with zero attached hydrogens (tertiary/aromatic N) is 1. The number of ketones is 1. The van der Waals surface area contributed by atoms with Crippen molar-refractivity contribution >= 4 is 23.1 Å². The van der Waals surface area contributed by atoms with Gasteiger partial charge in [-0.25, -0.2) is 0 Å². The van der Waals surface area contributed by atoms with Gasteiger partial charge in [-0.1, -0.05) is 26.0 Å². The second-order valence-corrected chi connectivity index (χ2v) is 7.82. The molecule has 0 saturated heterocycles. The van der Waals surface area contributed by atoms with Crippen LogP contribution in [0.5, 0.6) is 0 Å². The first kappa shape index (κ1) is 17.5. The van der Waals surface area contributed by atoms with E-state index in [1.165, 1.54) is 11.2 Å². The minimum absolute atomic E-state index is 0.0151. The van der Waals surface area contributed by atoms with Crippen LogP contribution in [0.15, 0.2) is 58.3 Å². The van der Waals surface area contributed by atoms with E-state index in [4.69, 9.17) is 4.42 Å². The third-order valence-corrected chi connectivity index (χ3v) is 5.12. The molecule has 1 aromatic carbocycles. The van der Waals surface area contributed by atoms with Crippen molar-refractivity contribution in [2.24, 2.45) is 5.41 Å². The predicted octanol–water partition coefficient (Wildman–Crippen LogP) is 3.41. The first-order chi connectivity index (χ1) is 12.9. The molecule has 1 amide bonds. The SMILES string of the molecule is CC1(C)CC(=O)C2=C(C1)Nc1ccccc1N(C(=O)CO)[C@H]2c1ccco1. The van der Waals surface area contributed by atoms with E-state index in [1.807, 2.05) is 18.2 Å². The molecule has 2 N–H and O–H groups in total. The molecule has 6 heteroatoms. The summed E-state index contributed by atoms with van der Waals surface area (Å²) in [5.41, 5.74) is 2.49. The van der Waals surface area contributed by atoms with Crippen molar-refractivity contribution in [3.8, 4) is 0 Å². The molecule has 2 aromatic rings. The number of benzene rings is 1. The van der Waals surface area contributed by atoms with E-state index < -0.39 is 18.6 Å². The van der Waals surface area contributed by atoms with Crippen molar-refractivity contribution in [2.75, 3.05) is 16.8 Å². The number of para-hydroxylation sites is 2. The molecule has 1 aliphatic heterocycles. The Kier molecular flexibility index (Phi) is 4.15. The van der Waals surface area contributed by atoms with Gasteiger partial charge in [-0.2, -0.15) is 0 Å². The molecule has 27 heavy (non-hydrogen) atoms. The summed E-state index contributed by atoms with van der Waals surface area (Å²) in [6.07, 6.45) is 2.60. The number of hydrogen-bond acceptors (Lipinski definition) is 5. The van der Waals surface area contributed by atoms with E-state index in [-0.39, 0.29) is 11.2 Å². The quantitative estimate of drug-likeness (QED) is 0.851. The van der Waals surface area contributed by atoms with Crippen LogP contribution in [0.3, 0.4) is 0 Å². The Hall–Kier alpha value is -2.86. The Balaban J connectivity index is 2.00. The zero-order chi connectivity index (χ0) is 19.2. The van der Waals surface area contributed by atoms with Gasteiger partial charge in [0.05, 0.1) is 17.6 Å². The van der Waals surface area contributed by atoms with E-state index in [9.17, 15) is 14.7 Å². The molecule has 140 valence electrons. The van der Waals surface area contributed by atoms with Gasteiger partial charge in [0.2, 0.25) is 0 Å². The normalized spacial score (nSPS) is 21.2. The Morgan fingerprint density at radius 3 is 2.74 bits per heavy atom. The number of amides is 1. The summed E-state index contributed by atoms with van der Waals surface area (Å²) in [7, 11) is 0. The second-order valence-electron chi connectivity index (χ2n) is 7.82. The summed E-state index contributed by atoms with van der Waals surface area (Å²) >= 11 is 0. The Morgan fingerprint density at radius 2 is 2.04 bits per heavy atom. The lowest BCUT2D eigenvalue weighted by Crippen LogP contribution is -2.40. The van der Waals surface area contributed by atoms with Gasteiger partial charge < -0.3 is 14.8 Å². The number of fused-ring (bicyclic) bond motifs is 1. The summed E-state index contributed by atoms with van der Waals surface area (Å²) in [4.78, 5) is 27.4. The zero-order valence-corrected chi connectivity index (χ0v) is 15.4. The summed E-state index contributed by atoms with van der Waals surface area (Å²) < 4.78 is 5.63. The summed E-state index contributed by atoms with van der Waals surface area (Å²) in [5.74, 6) is -0.00779. The number of Topliss-reactive ketones (excluding diaryl/α,β-unsaturated/α-hetero) is 1. The van der Waals surface area contributed by atoms with Crippen LogP contribution in [0.2, 0.25) is 0 Å². The van der Waals surface area contributed by atoms with E-state index in [2.05, 4.69) is 19.2 Å². The average molecular weight is 366 g/mol. The lowest BCUT2D eigenvalue weighted by Gasteiger charge is -2.35. The second kappa shape index (κ2) is 6.39. The molecule has 0 fully saturated rings. The number of furan rings is 1. The predicted molar refractivity (Wildman–Crippen MR) is 101 cm³/mol. The fraction of sp³-hybridized carbons (Fsp3) is 0.333. The van der Waals surface area contributed by atoms with Crippen molar-refractivity contribution in [1.82, 2.24) is 0 Å². The third kappa shape index (κ3) is 2.96. The van der Waals surface area contributed by atoms with Crippen LogP contribution in [-0.2, 0) is 9.59 Å². The standard InChI is InChI=1S/C21H22N2O4/c1-21(2)10-14-19(16(25)11-21)20(17-8-5-9-27-17)23(18(26)12-24)15-7-4-3-6-13(15)22-14/h3-9,20,22,24H,10-12H2,1-2H3/t20-/m0/s1. The molecule has 6 nitrogen and oxygen atoms in total. The van der Waals surface area contributed by atoms with Crippen LogP contribution in [0.4, 0.5) is 11.4 Å². The van der Waals surface area contributed by atoms with Gasteiger partial charge in [0.25, 0.3) is 5.91 Å². The molecule has 0 saturated carbocycles. The summed E-state index contributed by atoms with van der Waals surface area (Å²) in [5, 5.41) is 13.0. The van der Waals surface area contributed by atoms with Gasteiger partial charge in [0.1, 0.15) is 18.4 Å². The zero-order valence-electron chi connectivity index (χ0n) is 15.4. The highest BCUT2D eigenvalue weighted by Gasteiger charge is 2.44. The van der Waals surface area contributed by atoms with Crippen LogP contribution >= 0.6 is 0 Å². The molecule has 0 radical (unpaired) electrons. The number of hydrogen-bond donors (Lipinski definition) is 2. The van der Waals surface area contributed by atoms with Crippen molar-refractivity contribution in [1.29, 1.82) is 0 Å². The maximum Gasteiger partial charge on any atom is 0.253 e. The van der Waals surface area contributed by atoms with Gasteiger partial charge in [-0.3, -0.25) is 14.5 Å². The molecule has 4 rings (SSSR count). The number of rotatable bonds is 2.